The van der Waals surface area contributed by atoms with Crippen LogP contribution in [0.4, 0.5) is 14.5 Å². The molecular weight excluding hydrogens is 422 g/mol. The first-order chi connectivity index (χ1) is 13.8. The van der Waals surface area contributed by atoms with Crippen molar-refractivity contribution in [3.05, 3.63) is 89.3 Å². The van der Waals surface area contributed by atoms with Crippen molar-refractivity contribution in [2.75, 3.05) is 4.31 Å². The summed E-state index contributed by atoms with van der Waals surface area (Å²) >= 11 is 6.05. The minimum atomic E-state index is -4.18. The minimum Gasteiger partial charge on any atom is -0.288 e. The Morgan fingerprint density at radius 3 is 2.52 bits per heavy atom. The molecule has 0 saturated heterocycles. The number of sulfonamides is 1. The number of benzene rings is 2. The molecule has 4 rings (SSSR count). The molecule has 0 saturated carbocycles. The zero-order valence-corrected chi connectivity index (χ0v) is 16.3. The summed E-state index contributed by atoms with van der Waals surface area (Å²) in [5.74, 6) is -1.61. The second kappa shape index (κ2) is 7.41. The average molecular weight is 435 g/mol. The van der Waals surface area contributed by atoms with Crippen LogP contribution in [0.3, 0.4) is 0 Å². The van der Waals surface area contributed by atoms with Crippen LogP contribution in [0.25, 0.3) is 5.65 Å². The van der Waals surface area contributed by atoms with E-state index < -0.39 is 21.7 Å². The third-order valence-corrected chi connectivity index (χ3v) is 6.23. The molecule has 2 heterocycles. The third-order valence-electron chi connectivity index (χ3n) is 4.20. The molecule has 0 radical (unpaired) electrons. The van der Waals surface area contributed by atoms with Crippen molar-refractivity contribution in [1.29, 1.82) is 0 Å². The molecule has 0 aliphatic carbocycles. The summed E-state index contributed by atoms with van der Waals surface area (Å²) in [4.78, 5) is -0.102. The summed E-state index contributed by atoms with van der Waals surface area (Å²) in [6, 6.07) is 12.0. The maximum atomic E-state index is 13.7. The number of anilines is 1. The lowest BCUT2D eigenvalue weighted by Crippen LogP contribution is -2.31. The van der Waals surface area contributed by atoms with Crippen molar-refractivity contribution in [2.24, 2.45) is 0 Å². The Hall–Kier alpha value is -3.04. The number of pyridine rings is 1. The van der Waals surface area contributed by atoms with Gasteiger partial charge in [0.25, 0.3) is 10.0 Å². The first-order valence-corrected chi connectivity index (χ1v) is 10.2. The largest absolute Gasteiger partial charge is 0.288 e. The molecule has 0 spiro atoms. The van der Waals surface area contributed by atoms with Crippen LogP contribution in [-0.2, 0) is 16.6 Å². The van der Waals surface area contributed by atoms with E-state index in [2.05, 4.69) is 10.2 Å². The molecule has 0 atom stereocenters. The SMILES string of the molecule is O=S(=O)(c1cccn2cnnc12)N(Cc1cc(F)cc(F)c1)c1cccc(Cl)c1. The number of hydrogen-bond donors (Lipinski definition) is 0. The molecule has 0 amide bonds. The molecule has 0 aliphatic rings. The van der Waals surface area contributed by atoms with Gasteiger partial charge in [0.15, 0.2) is 5.65 Å². The normalized spacial score (nSPS) is 11.7. The van der Waals surface area contributed by atoms with E-state index in [1.54, 1.807) is 30.5 Å². The summed E-state index contributed by atoms with van der Waals surface area (Å²) in [7, 11) is -4.18. The molecule has 10 heteroatoms. The van der Waals surface area contributed by atoms with E-state index in [9.17, 15) is 17.2 Å². The van der Waals surface area contributed by atoms with Crippen LogP contribution in [0.5, 0.6) is 0 Å². The van der Waals surface area contributed by atoms with Gasteiger partial charge in [0.05, 0.1) is 12.2 Å². The monoisotopic (exact) mass is 434 g/mol. The molecule has 0 unspecified atom stereocenters. The molecule has 29 heavy (non-hydrogen) atoms. The Morgan fingerprint density at radius 1 is 1.03 bits per heavy atom. The summed E-state index contributed by atoms with van der Waals surface area (Å²) < 4.78 is 56.9. The van der Waals surface area contributed by atoms with E-state index in [1.165, 1.54) is 22.9 Å². The van der Waals surface area contributed by atoms with Crippen LogP contribution in [0.15, 0.2) is 72.0 Å². The third kappa shape index (κ3) is 3.79. The second-order valence-corrected chi connectivity index (χ2v) is 8.47. The minimum absolute atomic E-state index is 0.102. The summed E-state index contributed by atoms with van der Waals surface area (Å²) in [5.41, 5.74) is 0.508. The number of aromatic nitrogens is 3. The van der Waals surface area contributed by atoms with Gasteiger partial charge in [-0.15, -0.1) is 10.2 Å². The van der Waals surface area contributed by atoms with Crippen LogP contribution in [0.1, 0.15) is 5.56 Å². The highest BCUT2D eigenvalue weighted by Crippen LogP contribution is 2.29. The first kappa shape index (κ1) is 19.3. The van der Waals surface area contributed by atoms with Gasteiger partial charge in [-0.3, -0.25) is 8.71 Å². The molecule has 0 aliphatic heterocycles. The van der Waals surface area contributed by atoms with Gasteiger partial charge < -0.3 is 0 Å². The van der Waals surface area contributed by atoms with Gasteiger partial charge in [0.1, 0.15) is 22.9 Å². The molecule has 0 bridgehead atoms. The fourth-order valence-electron chi connectivity index (χ4n) is 2.96. The summed E-state index contributed by atoms with van der Waals surface area (Å²) in [6.45, 7) is -0.313. The molecule has 6 nitrogen and oxygen atoms in total. The Labute approximate surface area is 170 Å². The Balaban J connectivity index is 1.88. The number of rotatable bonds is 5. The molecule has 2 aromatic heterocycles. The van der Waals surface area contributed by atoms with E-state index >= 15 is 0 Å². The van der Waals surface area contributed by atoms with Gasteiger partial charge in [0, 0.05) is 17.3 Å². The molecule has 0 N–H and O–H groups in total. The maximum Gasteiger partial charge on any atom is 0.268 e. The Bertz CT molecular complexity index is 1290. The van der Waals surface area contributed by atoms with Crippen molar-refractivity contribution in [3.8, 4) is 0 Å². The first-order valence-electron chi connectivity index (χ1n) is 8.36. The zero-order valence-electron chi connectivity index (χ0n) is 14.7. The van der Waals surface area contributed by atoms with E-state index in [4.69, 9.17) is 11.6 Å². The van der Waals surface area contributed by atoms with Crippen LogP contribution in [-0.4, -0.2) is 23.0 Å². The van der Waals surface area contributed by atoms with Crippen molar-refractivity contribution >= 4 is 33.0 Å². The zero-order chi connectivity index (χ0) is 20.6. The van der Waals surface area contributed by atoms with Gasteiger partial charge in [-0.2, -0.15) is 0 Å². The van der Waals surface area contributed by atoms with Gasteiger partial charge in [-0.05, 0) is 48.0 Å². The lowest BCUT2D eigenvalue weighted by Gasteiger charge is -2.25. The van der Waals surface area contributed by atoms with Gasteiger partial charge in [-0.1, -0.05) is 17.7 Å². The lowest BCUT2D eigenvalue weighted by atomic mass is 10.2. The van der Waals surface area contributed by atoms with Crippen LogP contribution in [0, 0.1) is 11.6 Å². The van der Waals surface area contributed by atoms with E-state index in [1.807, 2.05) is 0 Å². The summed E-state index contributed by atoms with van der Waals surface area (Å²) in [6.07, 6.45) is 2.99. The molecule has 0 fully saturated rings. The summed E-state index contributed by atoms with van der Waals surface area (Å²) in [5, 5.41) is 7.93. The van der Waals surface area contributed by atoms with Gasteiger partial charge in [0.2, 0.25) is 0 Å². The highest BCUT2D eigenvalue weighted by atomic mass is 35.5. The highest BCUT2D eigenvalue weighted by molar-refractivity contribution is 7.93. The van der Waals surface area contributed by atoms with Crippen molar-refractivity contribution in [1.82, 2.24) is 14.6 Å². The number of halogens is 3. The standard InChI is InChI=1S/C19H13ClF2N4O2S/c20-14-3-1-4-17(9-14)26(11-13-7-15(21)10-16(22)8-13)29(27,28)18-5-2-6-25-12-23-24-19(18)25/h1-10,12H,11H2. The quantitative estimate of drug-likeness (QED) is 0.475. The highest BCUT2D eigenvalue weighted by Gasteiger charge is 2.28. The topological polar surface area (TPSA) is 67.6 Å². The second-order valence-electron chi connectivity index (χ2n) is 6.20. The van der Waals surface area contributed by atoms with Gasteiger partial charge in [-0.25, -0.2) is 17.2 Å². The van der Waals surface area contributed by atoms with Crippen molar-refractivity contribution < 1.29 is 17.2 Å². The average Bonchev–Trinajstić information content (AvgIpc) is 3.14. The molecule has 4 aromatic rings. The van der Waals surface area contributed by atoms with Crippen molar-refractivity contribution in [2.45, 2.75) is 11.4 Å². The van der Waals surface area contributed by atoms with Crippen LogP contribution < -0.4 is 4.31 Å². The predicted octanol–water partition coefficient (Wildman–Crippen LogP) is 4.06. The van der Waals surface area contributed by atoms with E-state index in [-0.39, 0.29) is 28.3 Å². The number of nitrogens with zero attached hydrogens (tertiary/aromatic N) is 4. The molecular formula is C19H13ClF2N4O2S. The van der Waals surface area contributed by atoms with Gasteiger partial charge >= 0.3 is 0 Å². The van der Waals surface area contributed by atoms with E-state index in [0.717, 1.165) is 22.5 Å². The van der Waals surface area contributed by atoms with E-state index in [0.29, 0.717) is 5.02 Å². The Kier molecular flexibility index (Phi) is 4.93. The Morgan fingerprint density at radius 2 is 1.79 bits per heavy atom. The smallest absolute Gasteiger partial charge is 0.268 e. The predicted molar refractivity (Wildman–Crippen MR) is 104 cm³/mol. The van der Waals surface area contributed by atoms with Crippen LogP contribution in [0.2, 0.25) is 5.02 Å². The molecule has 2 aromatic carbocycles. The molecule has 148 valence electrons. The fraction of sp³-hybridized carbons (Fsp3) is 0.0526. The number of fused-ring (bicyclic) bond motifs is 1. The van der Waals surface area contributed by atoms with Crippen molar-refractivity contribution in [3.63, 3.8) is 0 Å². The fourth-order valence-corrected chi connectivity index (χ4v) is 4.72. The lowest BCUT2D eigenvalue weighted by molar-refractivity contribution is 0.576. The van der Waals surface area contributed by atoms with Crippen LogP contribution >= 0.6 is 11.6 Å². The maximum absolute atomic E-state index is 13.7. The number of hydrogen-bond acceptors (Lipinski definition) is 4.